The number of amides is 4. The Bertz CT molecular complexity index is 1390. The van der Waals surface area contributed by atoms with Gasteiger partial charge in [-0.15, -0.1) is 0 Å². The van der Waals surface area contributed by atoms with E-state index < -0.39 is 6.04 Å². The number of carbonyl (C=O) groups is 4. The maximum absolute atomic E-state index is 13.9. The second-order valence-corrected chi connectivity index (χ2v) is 12.0. The third-order valence-corrected chi connectivity index (χ3v) is 8.67. The van der Waals surface area contributed by atoms with Gasteiger partial charge in [-0.25, -0.2) is 0 Å². The van der Waals surface area contributed by atoms with Crippen molar-refractivity contribution in [2.75, 3.05) is 6.54 Å². The molecule has 1 saturated carbocycles. The quantitative estimate of drug-likeness (QED) is 0.267. The van der Waals surface area contributed by atoms with Crippen LogP contribution < -0.4 is 5.32 Å². The van der Waals surface area contributed by atoms with Gasteiger partial charge in [-0.1, -0.05) is 89.8 Å². The highest BCUT2D eigenvalue weighted by molar-refractivity contribution is 9.10. The molecule has 1 atom stereocenters. The summed E-state index contributed by atoms with van der Waals surface area (Å²) in [5, 5.41) is 3.25. The van der Waals surface area contributed by atoms with Crippen molar-refractivity contribution in [2.45, 2.75) is 70.0 Å². The molecule has 42 heavy (non-hydrogen) atoms. The number of rotatable bonds is 11. The number of benzene rings is 3. The van der Waals surface area contributed by atoms with E-state index in [4.69, 9.17) is 0 Å². The zero-order valence-corrected chi connectivity index (χ0v) is 25.2. The first-order valence-corrected chi connectivity index (χ1v) is 15.5. The van der Waals surface area contributed by atoms with Gasteiger partial charge in [0.1, 0.15) is 6.04 Å². The fourth-order valence-corrected chi connectivity index (χ4v) is 6.12. The van der Waals surface area contributed by atoms with Crippen molar-refractivity contribution in [1.29, 1.82) is 0 Å². The van der Waals surface area contributed by atoms with Crippen molar-refractivity contribution in [2.24, 2.45) is 0 Å². The molecule has 3 aromatic rings. The molecule has 1 aliphatic carbocycles. The summed E-state index contributed by atoms with van der Waals surface area (Å²) in [4.78, 5) is 56.4. The van der Waals surface area contributed by atoms with Crippen LogP contribution in [-0.2, 0) is 22.6 Å². The van der Waals surface area contributed by atoms with Crippen LogP contribution in [0.4, 0.5) is 0 Å². The first kappa shape index (κ1) is 29.7. The van der Waals surface area contributed by atoms with Crippen molar-refractivity contribution in [3.8, 4) is 0 Å². The van der Waals surface area contributed by atoms with Gasteiger partial charge >= 0.3 is 0 Å². The number of hydrogen-bond acceptors (Lipinski definition) is 4. The van der Waals surface area contributed by atoms with E-state index in [9.17, 15) is 19.2 Å². The van der Waals surface area contributed by atoms with E-state index in [0.717, 1.165) is 41.3 Å². The van der Waals surface area contributed by atoms with Gasteiger partial charge in [-0.3, -0.25) is 24.1 Å². The molecule has 4 amide bonds. The molecule has 0 bridgehead atoms. The van der Waals surface area contributed by atoms with Crippen LogP contribution >= 0.6 is 15.9 Å². The molecule has 7 nitrogen and oxygen atoms in total. The summed E-state index contributed by atoms with van der Waals surface area (Å²) < 4.78 is 0.931. The van der Waals surface area contributed by atoms with Crippen LogP contribution in [0, 0.1) is 0 Å². The monoisotopic (exact) mass is 629 g/mol. The molecule has 0 aromatic heterocycles. The molecule has 0 radical (unpaired) electrons. The molecular weight excluding hydrogens is 594 g/mol. The first-order chi connectivity index (χ1) is 20.4. The maximum atomic E-state index is 13.9. The summed E-state index contributed by atoms with van der Waals surface area (Å²) in [5.74, 6) is -0.988. The fraction of sp³-hybridized carbons (Fsp3) is 0.353. The molecule has 5 rings (SSSR count). The molecule has 1 N–H and O–H groups in total. The lowest BCUT2D eigenvalue weighted by Crippen LogP contribution is -2.52. The van der Waals surface area contributed by atoms with Crippen molar-refractivity contribution in [3.63, 3.8) is 0 Å². The predicted octanol–water partition coefficient (Wildman–Crippen LogP) is 5.91. The van der Waals surface area contributed by atoms with Gasteiger partial charge in [-0.2, -0.15) is 0 Å². The highest BCUT2D eigenvalue weighted by Gasteiger charge is 2.36. The Morgan fingerprint density at radius 3 is 2.10 bits per heavy atom. The lowest BCUT2D eigenvalue weighted by molar-refractivity contribution is -0.141. The predicted molar refractivity (Wildman–Crippen MR) is 165 cm³/mol. The molecular formula is C34H36BrN3O4. The molecule has 8 heteroatoms. The van der Waals surface area contributed by atoms with Gasteiger partial charge in [0.2, 0.25) is 11.8 Å². The normalized spacial score (nSPS) is 15.8. The van der Waals surface area contributed by atoms with Gasteiger partial charge in [0.25, 0.3) is 11.8 Å². The minimum absolute atomic E-state index is 0.103. The van der Waals surface area contributed by atoms with Crippen molar-refractivity contribution >= 4 is 39.6 Å². The Kier molecular flexibility index (Phi) is 9.85. The summed E-state index contributed by atoms with van der Waals surface area (Å²) in [5.41, 5.74) is 2.68. The molecule has 1 aliphatic heterocycles. The van der Waals surface area contributed by atoms with E-state index in [2.05, 4.69) is 21.2 Å². The van der Waals surface area contributed by atoms with Crippen LogP contribution in [0.25, 0.3) is 0 Å². The summed E-state index contributed by atoms with van der Waals surface area (Å²) in [6.07, 6.45) is 6.06. The molecule has 218 valence electrons. The van der Waals surface area contributed by atoms with Gasteiger partial charge in [-0.05, 0) is 54.7 Å². The van der Waals surface area contributed by atoms with E-state index >= 15 is 0 Å². The molecule has 1 heterocycles. The number of carbonyl (C=O) groups excluding carboxylic acids is 4. The van der Waals surface area contributed by atoms with Crippen LogP contribution in [0.5, 0.6) is 0 Å². The minimum atomic E-state index is -0.704. The third kappa shape index (κ3) is 7.16. The number of imide groups is 1. The van der Waals surface area contributed by atoms with Crippen LogP contribution in [0.15, 0.2) is 83.3 Å². The Labute approximate surface area is 255 Å². The summed E-state index contributed by atoms with van der Waals surface area (Å²) in [7, 11) is 0. The van der Waals surface area contributed by atoms with E-state index in [1.165, 1.54) is 11.3 Å². The lowest BCUT2D eigenvalue weighted by atomic mass is 9.94. The highest BCUT2D eigenvalue weighted by Crippen LogP contribution is 2.24. The van der Waals surface area contributed by atoms with E-state index in [-0.39, 0.29) is 49.2 Å². The second kappa shape index (κ2) is 13.9. The van der Waals surface area contributed by atoms with Crippen molar-refractivity contribution in [1.82, 2.24) is 15.1 Å². The second-order valence-electron chi connectivity index (χ2n) is 11.1. The third-order valence-electron chi connectivity index (χ3n) is 8.14. The van der Waals surface area contributed by atoms with Crippen LogP contribution in [0.1, 0.15) is 76.8 Å². The van der Waals surface area contributed by atoms with Gasteiger partial charge < -0.3 is 10.2 Å². The van der Waals surface area contributed by atoms with Crippen LogP contribution in [0.3, 0.4) is 0 Å². The molecule has 2 aliphatic rings. The average molecular weight is 631 g/mol. The molecule has 0 unspecified atom stereocenters. The largest absolute Gasteiger partial charge is 0.352 e. The Balaban J connectivity index is 1.35. The smallest absolute Gasteiger partial charge is 0.261 e. The van der Waals surface area contributed by atoms with Gasteiger partial charge in [0, 0.05) is 36.4 Å². The SMILES string of the molecule is O=C(NC1CCCCC1)[C@H](Cc1ccccc1)N(Cc1ccc(Br)cc1)C(=O)CCCN1C(=O)c2ccccc2C1=O. The Morgan fingerprint density at radius 1 is 0.833 bits per heavy atom. The number of halogens is 1. The Morgan fingerprint density at radius 2 is 1.45 bits per heavy atom. The summed E-state index contributed by atoms with van der Waals surface area (Å²) in [6.45, 7) is 0.413. The van der Waals surface area contributed by atoms with Crippen molar-refractivity contribution in [3.05, 3.63) is 106 Å². The lowest BCUT2D eigenvalue weighted by Gasteiger charge is -2.33. The van der Waals surface area contributed by atoms with Crippen LogP contribution in [-0.4, -0.2) is 52.1 Å². The van der Waals surface area contributed by atoms with E-state index in [0.29, 0.717) is 24.0 Å². The molecule has 0 saturated heterocycles. The number of nitrogens with zero attached hydrogens (tertiary/aromatic N) is 2. The van der Waals surface area contributed by atoms with Crippen molar-refractivity contribution < 1.29 is 19.2 Å². The van der Waals surface area contributed by atoms with E-state index in [1.807, 2.05) is 54.6 Å². The summed E-state index contributed by atoms with van der Waals surface area (Å²) in [6, 6.07) is 23.7. The van der Waals surface area contributed by atoms with E-state index in [1.54, 1.807) is 29.2 Å². The summed E-state index contributed by atoms with van der Waals surface area (Å²) >= 11 is 3.47. The zero-order valence-electron chi connectivity index (χ0n) is 23.6. The van der Waals surface area contributed by atoms with Gasteiger partial charge in [0.05, 0.1) is 11.1 Å². The number of fused-ring (bicyclic) bond motifs is 1. The average Bonchev–Trinajstić information content (AvgIpc) is 3.25. The molecule has 3 aromatic carbocycles. The highest BCUT2D eigenvalue weighted by atomic mass is 79.9. The maximum Gasteiger partial charge on any atom is 0.261 e. The molecule has 1 fully saturated rings. The minimum Gasteiger partial charge on any atom is -0.352 e. The first-order valence-electron chi connectivity index (χ1n) is 14.7. The topological polar surface area (TPSA) is 86.8 Å². The zero-order chi connectivity index (χ0) is 29.5. The standard InChI is InChI=1S/C34H36BrN3O4/c35-26-19-17-25(18-20-26)23-38(31(39)16-9-21-37-33(41)28-14-7-8-15-29(28)34(37)42)30(22-24-10-3-1-4-11-24)32(40)36-27-12-5-2-6-13-27/h1,3-4,7-8,10-11,14-15,17-20,27,30H,2,5-6,9,12-13,16,21-23H2,(H,36,40)/t30-/m0/s1. The molecule has 0 spiro atoms. The fourth-order valence-electron chi connectivity index (χ4n) is 5.86. The van der Waals surface area contributed by atoms with Crippen LogP contribution in [0.2, 0.25) is 0 Å². The van der Waals surface area contributed by atoms with Gasteiger partial charge in [0.15, 0.2) is 0 Å². The number of hydrogen-bond donors (Lipinski definition) is 1. The number of nitrogens with one attached hydrogen (secondary N) is 1. The Hall–Kier alpha value is -3.78.